The van der Waals surface area contributed by atoms with Gasteiger partial charge in [0.1, 0.15) is 5.41 Å². The van der Waals surface area contributed by atoms with Crippen molar-refractivity contribution in [3.63, 3.8) is 0 Å². The molecule has 5 rings (SSSR count). The number of hydrogen-bond donors (Lipinski definition) is 0. The van der Waals surface area contributed by atoms with Gasteiger partial charge in [-0.25, -0.2) is 0 Å². The predicted molar refractivity (Wildman–Crippen MR) is 98.9 cm³/mol. The first kappa shape index (κ1) is 14.8. The van der Waals surface area contributed by atoms with Gasteiger partial charge in [-0.05, 0) is 45.5 Å². The van der Waals surface area contributed by atoms with Gasteiger partial charge in [0.25, 0.3) is 5.69 Å². The molecular weight excluding hydrogens is 326 g/mol. The standard InChI is InChI=1S/C22H13NO3/c24-21-12-9-14-5-1-3-7-18(14)22(21)19-8-4-2-6-16(19)17-13-15(23(25)26)10-11-20(17)22/h1-13H. The quantitative estimate of drug-likeness (QED) is 0.484. The van der Waals surface area contributed by atoms with Gasteiger partial charge in [0.15, 0.2) is 5.78 Å². The van der Waals surface area contributed by atoms with Crippen LogP contribution < -0.4 is 0 Å². The van der Waals surface area contributed by atoms with E-state index in [2.05, 4.69) is 0 Å². The van der Waals surface area contributed by atoms with Gasteiger partial charge in [-0.1, -0.05) is 54.6 Å². The Balaban J connectivity index is 1.95. The molecule has 3 aromatic rings. The van der Waals surface area contributed by atoms with Gasteiger partial charge in [0.05, 0.1) is 4.92 Å². The molecule has 0 heterocycles. The van der Waals surface area contributed by atoms with Gasteiger partial charge in [-0.3, -0.25) is 14.9 Å². The van der Waals surface area contributed by atoms with Crippen LogP contribution in [0.4, 0.5) is 5.69 Å². The van der Waals surface area contributed by atoms with Gasteiger partial charge in [-0.2, -0.15) is 0 Å². The van der Waals surface area contributed by atoms with E-state index in [1.165, 1.54) is 6.07 Å². The summed E-state index contributed by atoms with van der Waals surface area (Å²) in [6, 6.07) is 20.3. The van der Waals surface area contributed by atoms with Crippen molar-refractivity contribution in [3.8, 4) is 11.1 Å². The minimum Gasteiger partial charge on any atom is -0.293 e. The highest BCUT2D eigenvalue weighted by molar-refractivity contribution is 6.14. The van der Waals surface area contributed by atoms with Crippen LogP contribution in [0.3, 0.4) is 0 Å². The van der Waals surface area contributed by atoms with Gasteiger partial charge < -0.3 is 0 Å². The molecule has 0 amide bonds. The van der Waals surface area contributed by atoms with Crippen LogP contribution in [0, 0.1) is 10.1 Å². The zero-order valence-corrected chi connectivity index (χ0v) is 13.7. The van der Waals surface area contributed by atoms with E-state index in [4.69, 9.17) is 0 Å². The van der Waals surface area contributed by atoms with Gasteiger partial charge in [0.2, 0.25) is 0 Å². The summed E-state index contributed by atoms with van der Waals surface area (Å²) in [5.74, 6) is -0.0174. The van der Waals surface area contributed by atoms with Gasteiger partial charge in [-0.15, -0.1) is 0 Å². The summed E-state index contributed by atoms with van der Waals surface area (Å²) < 4.78 is 0. The fourth-order valence-corrected chi connectivity index (χ4v) is 4.35. The summed E-state index contributed by atoms with van der Waals surface area (Å²) >= 11 is 0. The second kappa shape index (κ2) is 4.99. The Morgan fingerprint density at radius 3 is 2.27 bits per heavy atom. The molecule has 0 N–H and O–H groups in total. The van der Waals surface area contributed by atoms with Crippen LogP contribution in [0.5, 0.6) is 0 Å². The predicted octanol–water partition coefficient (Wildman–Crippen LogP) is 4.51. The number of fused-ring (bicyclic) bond motifs is 7. The van der Waals surface area contributed by atoms with Crippen molar-refractivity contribution in [2.24, 2.45) is 0 Å². The molecular formula is C22H13NO3. The Bertz CT molecular complexity index is 1150. The number of nitro groups is 1. The maximum atomic E-state index is 13.3. The third-order valence-corrected chi connectivity index (χ3v) is 5.39. The van der Waals surface area contributed by atoms with Crippen molar-refractivity contribution in [3.05, 3.63) is 105 Å². The molecule has 1 atom stereocenters. The fourth-order valence-electron chi connectivity index (χ4n) is 4.35. The minimum absolute atomic E-state index is 0.0174. The highest BCUT2D eigenvalue weighted by Crippen LogP contribution is 2.55. The lowest BCUT2D eigenvalue weighted by Crippen LogP contribution is -2.37. The number of ketones is 1. The summed E-state index contributed by atoms with van der Waals surface area (Å²) in [7, 11) is 0. The summed E-state index contributed by atoms with van der Waals surface area (Å²) in [5.41, 5.74) is 4.34. The number of carbonyl (C=O) groups is 1. The van der Waals surface area contributed by atoms with Gasteiger partial charge >= 0.3 is 0 Å². The van der Waals surface area contributed by atoms with Crippen molar-refractivity contribution >= 4 is 17.5 Å². The molecule has 1 spiro atoms. The Morgan fingerprint density at radius 2 is 1.46 bits per heavy atom. The van der Waals surface area contributed by atoms with Crippen LogP contribution in [-0.2, 0) is 10.2 Å². The van der Waals surface area contributed by atoms with E-state index in [0.29, 0.717) is 0 Å². The van der Waals surface area contributed by atoms with E-state index in [9.17, 15) is 14.9 Å². The summed E-state index contributed by atoms with van der Waals surface area (Å²) in [6.45, 7) is 0. The zero-order chi connectivity index (χ0) is 17.9. The number of benzene rings is 3. The summed E-state index contributed by atoms with van der Waals surface area (Å²) in [4.78, 5) is 24.2. The highest BCUT2D eigenvalue weighted by atomic mass is 16.6. The maximum Gasteiger partial charge on any atom is 0.270 e. The van der Waals surface area contributed by atoms with Gasteiger partial charge in [0, 0.05) is 12.1 Å². The topological polar surface area (TPSA) is 60.2 Å². The molecule has 0 aromatic heterocycles. The molecule has 3 aromatic carbocycles. The molecule has 0 fully saturated rings. The second-order valence-electron chi connectivity index (χ2n) is 6.57. The molecule has 0 bridgehead atoms. The van der Waals surface area contributed by atoms with Crippen molar-refractivity contribution in [1.29, 1.82) is 0 Å². The highest BCUT2D eigenvalue weighted by Gasteiger charge is 2.51. The molecule has 1 unspecified atom stereocenters. The molecule has 124 valence electrons. The lowest BCUT2D eigenvalue weighted by molar-refractivity contribution is -0.384. The zero-order valence-electron chi connectivity index (χ0n) is 13.7. The summed E-state index contributed by atoms with van der Waals surface area (Å²) in [6.07, 6.45) is 3.46. The lowest BCUT2D eigenvalue weighted by Gasteiger charge is -2.33. The number of nitro benzene ring substituents is 1. The molecule has 0 aliphatic heterocycles. The van der Waals surface area contributed by atoms with Crippen molar-refractivity contribution in [2.75, 3.05) is 0 Å². The molecule has 4 heteroatoms. The van der Waals surface area contributed by atoms with Crippen LogP contribution in [0.15, 0.2) is 72.8 Å². The van der Waals surface area contributed by atoms with Crippen LogP contribution in [0.1, 0.15) is 22.3 Å². The fraction of sp³-hybridized carbons (Fsp3) is 0.0455. The van der Waals surface area contributed by atoms with Crippen molar-refractivity contribution in [1.82, 2.24) is 0 Å². The molecule has 2 aliphatic rings. The molecule has 4 nitrogen and oxygen atoms in total. The first-order valence-electron chi connectivity index (χ1n) is 8.35. The summed E-state index contributed by atoms with van der Waals surface area (Å²) in [5, 5.41) is 11.3. The number of allylic oxidation sites excluding steroid dienone is 1. The van der Waals surface area contributed by atoms with E-state index >= 15 is 0 Å². The van der Waals surface area contributed by atoms with Crippen molar-refractivity contribution in [2.45, 2.75) is 5.41 Å². The van der Waals surface area contributed by atoms with Crippen LogP contribution in [0.25, 0.3) is 17.2 Å². The van der Waals surface area contributed by atoms with Crippen LogP contribution in [0.2, 0.25) is 0 Å². The minimum atomic E-state index is -0.938. The number of hydrogen-bond acceptors (Lipinski definition) is 3. The Kier molecular flexibility index (Phi) is 2.84. The number of nitrogens with zero attached hydrogens (tertiary/aromatic N) is 1. The molecule has 26 heavy (non-hydrogen) atoms. The largest absolute Gasteiger partial charge is 0.293 e. The Labute approximate surface area is 149 Å². The average Bonchev–Trinajstić information content (AvgIpc) is 2.96. The second-order valence-corrected chi connectivity index (χ2v) is 6.57. The van der Waals surface area contributed by atoms with E-state index in [1.54, 1.807) is 18.2 Å². The third-order valence-electron chi connectivity index (χ3n) is 5.39. The first-order valence-corrected chi connectivity index (χ1v) is 8.35. The number of carbonyl (C=O) groups excluding carboxylic acids is 1. The average molecular weight is 339 g/mol. The number of rotatable bonds is 1. The van der Waals surface area contributed by atoms with E-state index in [-0.39, 0.29) is 11.5 Å². The SMILES string of the molecule is O=C1C=Cc2ccccc2C12c1ccccc1-c1cc([N+](=O)[O-])ccc12. The molecule has 0 saturated carbocycles. The smallest absolute Gasteiger partial charge is 0.270 e. The van der Waals surface area contributed by atoms with E-state index < -0.39 is 10.3 Å². The van der Waals surface area contributed by atoms with Crippen molar-refractivity contribution < 1.29 is 9.72 Å². The Morgan fingerprint density at radius 1 is 0.769 bits per heavy atom. The van der Waals surface area contributed by atoms with E-state index in [0.717, 1.165) is 33.4 Å². The maximum absolute atomic E-state index is 13.3. The monoisotopic (exact) mass is 339 g/mol. The Hall–Kier alpha value is -3.53. The van der Waals surface area contributed by atoms with E-state index in [1.807, 2.05) is 54.6 Å². The number of non-ortho nitro benzene ring substituents is 1. The first-order chi connectivity index (χ1) is 12.6. The lowest BCUT2D eigenvalue weighted by atomic mass is 9.66. The normalized spacial score (nSPS) is 19.2. The molecule has 0 saturated heterocycles. The van der Waals surface area contributed by atoms with Crippen LogP contribution in [-0.4, -0.2) is 10.7 Å². The third kappa shape index (κ3) is 1.66. The van der Waals surface area contributed by atoms with Crippen LogP contribution >= 0.6 is 0 Å². The molecule has 2 aliphatic carbocycles. The molecule has 0 radical (unpaired) electrons.